The summed E-state index contributed by atoms with van der Waals surface area (Å²) in [7, 11) is 0. The summed E-state index contributed by atoms with van der Waals surface area (Å²) in [6.07, 6.45) is 0.443. The van der Waals surface area contributed by atoms with Crippen molar-refractivity contribution in [2.45, 2.75) is 13.0 Å². The molecule has 0 bridgehead atoms. The molecule has 2 rings (SSSR count). The maximum absolute atomic E-state index is 13.6. The number of carboxylic acid groups (broad SMARTS) is 1. The summed E-state index contributed by atoms with van der Waals surface area (Å²) in [4.78, 5) is 11.9. The summed E-state index contributed by atoms with van der Waals surface area (Å²) in [6, 6.07) is 1.34. The van der Waals surface area contributed by atoms with E-state index < -0.39 is 30.1 Å². The molecular formula is C13H11F4NO3. The molecule has 0 fully saturated rings. The Morgan fingerprint density at radius 1 is 1.33 bits per heavy atom. The molecule has 21 heavy (non-hydrogen) atoms. The summed E-state index contributed by atoms with van der Waals surface area (Å²) in [6.45, 7) is -3.13. The van der Waals surface area contributed by atoms with Crippen molar-refractivity contribution in [3.63, 3.8) is 0 Å². The predicted octanol–water partition coefficient (Wildman–Crippen LogP) is 3.33. The zero-order valence-electron chi connectivity index (χ0n) is 10.7. The smallest absolute Gasteiger partial charge is 0.407 e. The number of halogens is 4. The van der Waals surface area contributed by atoms with Gasteiger partial charge in [-0.05, 0) is 18.1 Å². The van der Waals surface area contributed by atoms with Gasteiger partial charge in [-0.25, -0.2) is 13.6 Å². The second-order valence-corrected chi connectivity index (χ2v) is 4.35. The van der Waals surface area contributed by atoms with Gasteiger partial charge in [-0.15, -0.1) is 0 Å². The van der Waals surface area contributed by atoms with Crippen LogP contribution in [-0.4, -0.2) is 35.8 Å². The largest absolute Gasteiger partial charge is 0.465 e. The summed E-state index contributed by atoms with van der Waals surface area (Å²) < 4.78 is 55.7. The number of hydrogen-bond donors (Lipinski definition) is 1. The van der Waals surface area contributed by atoms with Crippen LogP contribution < -0.4 is 4.74 Å². The molecular weight excluding hydrogens is 294 g/mol. The van der Waals surface area contributed by atoms with Crippen molar-refractivity contribution >= 4 is 11.7 Å². The average molecular weight is 305 g/mol. The minimum atomic E-state index is -3.25. The first kappa shape index (κ1) is 15.1. The molecule has 1 heterocycles. The average Bonchev–Trinajstić information content (AvgIpc) is 2.41. The minimum Gasteiger partial charge on any atom is -0.465 e. The first-order valence-electron chi connectivity index (χ1n) is 5.99. The fourth-order valence-electron chi connectivity index (χ4n) is 2.10. The van der Waals surface area contributed by atoms with Gasteiger partial charge in [-0.1, -0.05) is 6.08 Å². The molecule has 0 radical (unpaired) electrons. The third-order valence-electron chi connectivity index (χ3n) is 3.04. The van der Waals surface area contributed by atoms with Gasteiger partial charge in [-0.3, -0.25) is 0 Å². The molecule has 0 saturated heterocycles. The third-order valence-corrected chi connectivity index (χ3v) is 3.04. The molecule has 4 nitrogen and oxygen atoms in total. The molecule has 0 spiro atoms. The lowest BCUT2D eigenvalue weighted by molar-refractivity contribution is -0.0524. The van der Waals surface area contributed by atoms with Crippen LogP contribution in [0.2, 0.25) is 0 Å². The molecule has 114 valence electrons. The van der Waals surface area contributed by atoms with E-state index in [4.69, 9.17) is 5.11 Å². The van der Waals surface area contributed by atoms with Crippen molar-refractivity contribution in [2.24, 2.45) is 0 Å². The van der Waals surface area contributed by atoms with E-state index >= 15 is 0 Å². The second-order valence-electron chi connectivity index (χ2n) is 4.35. The molecule has 0 saturated carbocycles. The number of alkyl halides is 2. The van der Waals surface area contributed by atoms with Crippen LogP contribution in [0.3, 0.4) is 0 Å². The summed E-state index contributed by atoms with van der Waals surface area (Å²) in [5.74, 6) is -2.89. The Bertz CT molecular complexity index is 589. The molecule has 1 aliphatic heterocycles. The Kier molecular flexibility index (Phi) is 4.35. The van der Waals surface area contributed by atoms with Gasteiger partial charge in [0.1, 0.15) is 5.82 Å². The summed E-state index contributed by atoms with van der Waals surface area (Å²) >= 11 is 0. The number of nitrogens with zero attached hydrogens (tertiary/aromatic N) is 1. The number of ether oxygens (including phenoxy) is 1. The van der Waals surface area contributed by atoms with E-state index in [0.717, 1.165) is 11.0 Å². The van der Waals surface area contributed by atoms with Crippen LogP contribution in [0.4, 0.5) is 22.4 Å². The van der Waals surface area contributed by atoms with Gasteiger partial charge in [0.2, 0.25) is 0 Å². The van der Waals surface area contributed by atoms with E-state index in [1.165, 1.54) is 6.08 Å². The van der Waals surface area contributed by atoms with E-state index in [-0.39, 0.29) is 25.1 Å². The van der Waals surface area contributed by atoms with E-state index in [1.807, 2.05) is 0 Å². The zero-order chi connectivity index (χ0) is 15.6. The first-order chi connectivity index (χ1) is 9.88. The van der Waals surface area contributed by atoms with Crippen LogP contribution in [0.25, 0.3) is 5.57 Å². The maximum Gasteiger partial charge on any atom is 0.407 e. The van der Waals surface area contributed by atoms with Crippen LogP contribution in [0.5, 0.6) is 5.75 Å². The quantitative estimate of drug-likeness (QED) is 0.871. The standard InChI is InChI=1S/C13H11F4NO3/c14-8-5-9(11(10(15)6-8)21-12(16)17)7-1-3-18(4-2-7)13(19)20/h1,5-6,12H,2-4H2,(H,19,20). The van der Waals surface area contributed by atoms with Crippen molar-refractivity contribution in [3.05, 3.63) is 35.4 Å². The van der Waals surface area contributed by atoms with Gasteiger partial charge in [0.25, 0.3) is 0 Å². The van der Waals surface area contributed by atoms with Crippen molar-refractivity contribution in [3.8, 4) is 5.75 Å². The number of rotatable bonds is 3. The Labute approximate surface area is 117 Å². The van der Waals surface area contributed by atoms with Crippen molar-refractivity contribution in [1.82, 2.24) is 4.90 Å². The molecule has 0 unspecified atom stereocenters. The monoisotopic (exact) mass is 305 g/mol. The van der Waals surface area contributed by atoms with E-state index in [1.54, 1.807) is 0 Å². The van der Waals surface area contributed by atoms with Crippen molar-refractivity contribution in [2.75, 3.05) is 13.1 Å². The van der Waals surface area contributed by atoms with Crippen molar-refractivity contribution in [1.29, 1.82) is 0 Å². The van der Waals surface area contributed by atoms with Gasteiger partial charge in [0.05, 0.1) is 0 Å². The maximum atomic E-state index is 13.6. The highest BCUT2D eigenvalue weighted by atomic mass is 19.3. The second kappa shape index (κ2) is 6.02. The minimum absolute atomic E-state index is 0.0108. The highest BCUT2D eigenvalue weighted by molar-refractivity contribution is 5.74. The van der Waals surface area contributed by atoms with Gasteiger partial charge in [0.15, 0.2) is 11.6 Å². The number of hydrogen-bond acceptors (Lipinski definition) is 2. The van der Waals surface area contributed by atoms with Crippen molar-refractivity contribution < 1.29 is 32.2 Å². The number of amides is 1. The van der Waals surface area contributed by atoms with Gasteiger partial charge in [0, 0.05) is 24.7 Å². The molecule has 1 amide bonds. The molecule has 1 N–H and O–H groups in total. The van der Waals surface area contributed by atoms with Crippen LogP contribution in [-0.2, 0) is 0 Å². The first-order valence-corrected chi connectivity index (χ1v) is 5.99. The van der Waals surface area contributed by atoms with Gasteiger partial charge >= 0.3 is 12.7 Å². The molecule has 0 atom stereocenters. The number of benzene rings is 1. The lowest BCUT2D eigenvalue weighted by Gasteiger charge is -2.24. The third kappa shape index (κ3) is 3.45. The Morgan fingerprint density at radius 2 is 2.05 bits per heavy atom. The number of carbonyl (C=O) groups is 1. The van der Waals surface area contributed by atoms with E-state index in [0.29, 0.717) is 11.6 Å². The highest BCUT2D eigenvalue weighted by Gasteiger charge is 2.23. The topological polar surface area (TPSA) is 49.8 Å². The van der Waals surface area contributed by atoms with E-state index in [2.05, 4.69) is 4.74 Å². The fourth-order valence-corrected chi connectivity index (χ4v) is 2.10. The van der Waals surface area contributed by atoms with E-state index in [9.17, 15) is 22.4 Å². The van der Waals surface area contributed by atoms with Gasteiger partial charge < -0.3 is 14.7 Å². The normalized spacial score (nSPS) is 15.1. The predicted molar refractivity (Wildman–Crippen MR) is 65.2 cm³/mol. The van der Waals surface area contributed by atoms with Crippen LogP contribution >= 0.6 is 0 Å². The molecule has 0 aromatic heterocycles. The SMILES string of the molecule is O=C(O)N1CC=C(c2cc(F)cc(F)c2OC(F)F)CC1. The zero-order valence-corrected chi connectivity index (χ0v) is 10.7. The molecule has 8 heteroatoms. The molecule has 1 aromatic rings. The Hall–Kier alpha value is -2.25. The van der Waals surface area contributed by atoms with Crippen LogP contribution in [0, 0.1) is 11.6 Å². The van der Waals surface area contributed by atoms with Crippen LogP contribution in [0.1, 0.15) is 12.0 Å². The Balaban J connectivity index is 2.37. The lowest BCUT2D eigenvalue weighted by Crippen LogP contribution is -2.33. The van der Waals surface area contributed by atoms with Crippen LogP contribution in [0.15, 0.2) is 18.2 Å². The molecule has 1 aliphatic rings. The highest BCUT2D eigenvalue weighted by Crippen LogP contribution is 2.34. The molecule has 0 aliphatic carbocycles. The van der Waals surface area contributed by atoms with Gasteiger partial charge in [-0.2, -0.15) is 8.78 Å². The summed E-state index contributed by atoms with van der Waals surface area (Å²) in [5.41, 5.74) is 0.236. The Morgan fingerprint density at radius 3 is 2.57 bits per heavy atom. The lowest BCUT2D eigenvalue weighted by atomic mass is 9.98. The summed E-state index contributed by atoms with van der Waals surface area (Å²) in [5, 5.41) is 8.81. The molecule has 1 aromatic carbocycles. The fraction of sp³-hybridized carbons (Fsp3) is 0.308.